The fraction of sp³-hybridized carbons (Fsp3) is 0.500. The van der Waals surface area contributed by atoms with Gasteiger partial charge in [0.25, 0.3) is 0 Å². The summed E-state index contributed by atoms with van der Waals surface area (Å²) in [4.78, 5) is 0. The van der Waals surface area contributed by atoms with Gasteiger partial charge in [0.2, 0.25) is 0 Å². The normalized spacial score (nSPS) is 12.1. The van der Waals surface area contributed by atoms with E-state index >= 15 is 0 Å². The van der Waals surface area contributed by atoms with E-state index in [0.717, 1.165) is 17.1 Å². The van der Waals surface area contributed by atoms with Gasteiger partial charge in [-0.25, -0.2) is 0 Å². The van der Waals surface area contributed by atoms with Gasteiger partial charge in [0.05, 0.1) is 13.2 Å². The van der Waals surface area contributed by atoms with Gasteiger partial charge in [-0.05, 0) is 25.8 Å². The van der Waals surface area contributed by atoms with Crippen molar-refractivity contribution in [3.63, 3.8) is 0 Å². The molecule has 0 unspecified atom stereocenters. The molecule has 0 aliphatic rings. The lowest BCUT2D eigenvalue weighted by Gasteiger charge is -2.17. The van der Waals surface area contributed by atoms with E-state index in [-0.39, 0.29) is 6.10 Å². The molecule has 19 heavy (non-hydrogen) atoms. The molecule has 0 aliphatic carbocycles. The molecule has 0 saturated heterocycles. The van der Waals surface area contributed by atoms with Gasteiger partial charge in [-0.15, -0.1) is 11.6 Å². The molecule has 0 atom stereocenters. The maximum absolute atomic E-state index is 6.00. The summed E-state index contributed by atoms with van der Waals surface area (Å²) in [6.07, 6.45) is 2.19. The van der Waals surface area contributed by atoms with Gasteiger partial charge in [0.15, 0.2) is 11.5 Å². The smallest absolute Gasteiger partial charge is 0.168 e. The number of hydrogen-bond acceptors (Lipinski definition) is 2. The Morgan fingerprint density at radius 1 is 1.26 bits per heavy atom. The molecule has 0 aliphatic heterocycles. The Bertz CT molecular complexity index is 436. The number of benzene rings is 1. The highest BCUT2D eigenvalue weighted by Gasteiger charge is 2.12. The standard InChI is InChI=1S/C16H23ClO2/c1-11(2)14(10-17)9-13-7-6-8-15(18-5)16(13)19-12(3)4/h6-9,11-12H,10H2,1-5H3. The van der Waals surface area contributed by atoms with Crippen LogP contribution in [-0.4, -0.2) is 19.1 Å². The molecule has 0 radical (unpaired) electrons. The number of rotatable bonds is 6. The summed E-state index contributed by atoms with van der Waals surface area (Å²) >= 11 is 6.00. The number of alkyl halides is 1. The molecule has 0 bridgehead atoms. The van der Waals surface area contributed by atoms with Gasteiger partial charge in [-0.1, -0.05) is 37.6 Å². The highest BCUT2D eigenvalue weighted by atomic mass is 35.5. The third-order valence-electron chi connectivity index (χ3n) is 2.82. The first-order valence-electron chi connectivity index (χ1n) is 6.59. The first kappa shape index (κ1) is 15.9. The third kappa shape index (κ3) is 4.46. The van der Waals surface area contributed by atoms with Crippen molar-refractivity contribution in [3.8, 4) is 11.5 Å². The van der Waals surface area contributed by atoms with Crippen molar-refractivity contribution in [2.24, 2.45) is 5.92 Å². The van der Waals surface area contributed by atoms with Crippen LogP contribution in [0.25, 0.3) is 6.08 Å². The van der Waals surface area contributed by atoms with Crippen LogP contribution in [0.5, 0.6) is 11.5 Å². The fourth-order valence-electron chi connectivity index (χ4n) is 1.73. The van der Waals surface area contributed by atoms with Crippen molar-refractivity contribution in [2.75, 3.05) is 13.0 Å². The first-order chi connectivity index (χ1) is 8.99. The zero-order valence-corrected chi connectivity index (χ0v) is 13.1. The van der Waals surface area contributed by atoms with E-state index in [9.17, 15) is 0 Å². The highest BCUT2D eigenvalue weighted by molar-refractivity contribution is 6.19. The second-order valence-corrected chi connectivity index (χ2v) is 5.32. The van der Waals surface area contributed by atoms with Gasteiger partial charge in [0, 0.05) is 11.4 Å². The molecule has 0 spiro atoms. The minimum Gasteiger partial charge on any atom is -0.493 e. The van der Waals surface area contributed by atoms with Crippen LogP contribution in [0.4, 0.5) is 0 Å². The van der Waals surface area contributed by atoms with Crippen molar-refractivity contribution < 1.29 is 9.47 Å². The fourth-order valence-corrected chi connectivity index (χ4v) is 2.11. The highest BCUT2D eigenvalue weighted by Crippen LogP contribution is 2.34. The Morgan fingerprint density at radius 2 is 1.95 bits per heavy atom. The Hall–Kier alpha value is -1.15. The number of halogens is 1. The number of para-hydroxylation sites is 1. The van der Waals surface area contributed by atoms with Crippen molar-refractivity contribution in [3.05, 3.63) is 29.3 Å². The number of methoxy groups -OCH3 is 1. The van der Waals surface area contributed by atoms with E-state index in [4.69, 9.17) is 21.1 Å². The maximum Gasteiger partial charge on any atom is 0.168 e. The molecule has 0 aromatic heterocycles. The summed E-state index contributed by atoms with van der Waals surface area (Å²) in [5.41, 5.74) is 2.20. The van der Waals surface area contributed by atoms with E-state index in [1.807, 2.05) is 32.0 Å². The molecule has 1 rings (SSSR count). The van der Waals surface area contributed by atoms with Crippen LogP contribution in [0, 0.1) is 5.92 Å². The van der Waals surface area contributed by atoms with Gasteiger partial charge in [-0.3, -0.25) is 0 Å². The van der Waals surface area contributed by atoms with Crippen LogP contribution < -0.4 is 9.47 Å². The van der Waals surface area contributed by atoms with E-state index in [1.54, 1.807) is 7.11 Å². The Labute approximate surface area is 121 Å². The zero-order valence-electron chi connectivity index (χ0n) is 12.4. The SMILES string of the molecule is COc1cccc(C=C(CCl)C(C)C)c1OC(C)C. The lowest BCUT2D eigenvalue weighted by atomic mass is 10.0. The predicted molar refractivity (Wildman–Crippen MR) is 82.3 cm³/mol. The van der Waals surface area contributed by atoms with Crippen molar-refractivity contribution >= 4 is 17.7 Å². The molecule has 2 nitrogen and oxygen atoms in total. The van der Waals surface area contributed by atoms with Crippen LogP contribution in [0.3, 0.4) is 0 Å². The Kier molecular flexibility index (Phi) is 6.23. The van der Waals surface area contributed by atoms with Crippen LogP contribution >= 0.6 is 11.6 Å². The molecule has 3 heteroatoms. The number of ether oxygens (including phenoxy) is 2. The van der Waals surface area contributed by atoms with E-state index in [1.165, 1.54) is 5.57 Å². The maximum atomic E-state index is 6.00. The van der Waals surface area contributed by atoms with Crippen molar-refractivity contribution in [2.45, 2.75) is 33.8 Å². The minimum absolute atomic E-state index is 0.0990. The molecule has 0 fully saturated rings. The summed E-state index contributed by atoms with van der Waals surface area (Å²) < 4.78 is 11.3. The van der Waals surface area contributed by atoms with Crippen LogP contribution in [-0.2, 0) is 0 Å². The zero-order chi connectivity index (χ0) is 14.4. The van der Waals surface area contributed by atoms with Crippen LogP contribution in [0.1, 0.15) is 33.3 Å². The van der Waals surface area contributed by atoms with E-state index in [0.29, 0.717) is 11.8 Å². The van der Waals surface area contributed by atoms with Gasteiger partial charge in [0.1, 0.15) is 0 Å². The van der Waals surface area contributed by atoms with Crippen molar-refractivity contribution in [1.82, 2.24) is 0 Å². The molecule has 1 aromatic carbocycles. The third-order valence-corrected chi connectivity index (χ3v) is 3.13. The molecular weight excluding hydrogens is 260 g/mol. The van der Waals surface area contributed by atoms with E-state index < -0.39 is 0 Å². The largest absolute Gasteiger partial charge is 0.493 e. The Morgan fingerprint density at radius 3 is 2.42 bits per heavy atom. The molecule has 0 amide bonds. The number of allylic oxidation sites excluding steroid dienone is 1. The summed E-state index contributed by atoms with van der Waals surface area (Å²) in [7, 11) is 1.65. The first-order valence-corrected chi connectivity index (χ1v) is 7.13. The quantitative estimate of drug-likeness (QED) is 0.700. The van der Waals surface area contributed by atoms with Crippen molar-refractivity contribution in [1.29, 1.82) is 0 Å². The monoisotopic (exact) mass is 282 g/mol. The molecule has 0 saturated carbocycles. The van der Waals surface area contributed by atoms with Gasteiger partial charge in [-0.2, -0.15) is 0 Å². The molecule has 0 heterocycles. The molecule has 106 valence electrons. The predicted octanol–water partition coefficient (Wildman–Crippen LogP) is 4.76. The lowest BCUT2D eigenvalue weighted by molar-refractivity contribution is 0.229. The topological polar surface area (TPSA) is 18.5 Å². The second kappa shape index (κ2) is 7.44. The minimum atomic E-state index is 0.0990. The number of hydrogen-bond donors (Lipinski definition) is 0. The average Bonchev–Trinajstić information content (AvgIpc) is 2.36. The van der Waals surface area contributed by atoms with Gasteiger partial charge >= 0.3 is 0 Å². The second-order valence-electron chi connectivity index (χ2n) is 5.05. The summed E-state index contributed by atoms with van der Waals surface area (Å²) in [5.74, 6) is 2.47. The molecular formula is C16H23ClO2. The lowest BCUT2D eigenvalue weighted by Crippen LogP contribution is -2.08. The van der Waals surface area contributed by atoms with E-state index in [2.05, 4.69) is 19.9 Å². The Balaban J connectivity index is 3.25. The summed E-state index contributed by atoms with van der Waals surface area (Å²) in [6, 6.07) is 5.89. The molecule has 0 N–H and O–H groups in total. The summed E-state index contributed by atoms with van der Waals surface area (Å²) in [6.45, 7) is 8.28. The van der Waals surface area contributed by atoms with Crippen LogP contribution in [0.2, 0.25) is 0 Å². The average molecular weight is 283 g/mol. The van der Waals surface area contributed by atoms with Gasteiger partial charge < -0.3 is 9.47 Å². The van der Waals surface area contributed by atoms with Crippen LogP contribution in [0.15, 0.2) is 23.8 Å². The summed E-state index contributed by atoms with van der Waals surface area (Å²) in [5, 5.41) is 0. The molecule has 1 aromatic rings.